The Labute approximate surface area is 196 Å². The molecule has 3 rings (SSSR count). The van der Waals surface area contributed by atoms with E-state index in [1.54, 1.807) is 24.3 Å². The fraction of sp³-hybridized carbons (Fsp3) is 0.130. The van der Waals surface area contributed by atoms with Crippen LogP contribution in [0.4, 0.5) is 23.7 Å². The number of aromatic nitrogens is 1. The lowest BCUT2D eigenvalue weighted by Gasteiger charge is -2.16. The van der Waals surface area contributed by atoms with E-state index < -0.39 is 29.6 Å². The second kappa shape index (κ2) is 10.1. The number of rotatable bonds is 7. The van der Waals surface area contributed by atoms with Gasteiger partial charge in [0.05, 0.1) is 16.8 Å². The number of aromatic carboxylic acids is 1. The summed E-state index contributed by atoms with van der Waals surface area (Å²) in [6.45, 7) is 1.30. The van der Waals surface area contributed by atoms with Crippen LogP contribution in [0.2, 0.25) is 0 Å². The molecule has 0 atom stereocenters. The van der Waals surface area contributed by atoms with Crippen LogP contribution in [0, 0.1) is 6.92 Å². The van der Waals surface area contributed by atoms with Gasteiger partial charge in [-0.1, -0.05) is 12.1 Å². The maximum absolute atomic E-state index is 13.1. The van der Waals surface area contributed by atoms with Gasteiger partial charge in [-0.05, 0) is 48.4 Å². The average Bonchev–Trinajstić information content (AvgIpc) is 2.77. The van der Waals surface area contributed by atoms with Crippen molar-refractivity contribution in [2.75, 3.05) is 5.32 Å². The smallest absolute Gasteiger partial charge is 0.416 e. The van der Waals surface area contributed by atoms with Crippen LogP contribution in [-0.4, -0.2) is 28.0 Å². The van der Waals surface area contributed by atoms with Gasteiger partial charge in [-0.3, -0.25) is 4.79 Å². The number of nitrogens with zero attached hydrogens (tertiary/aromatic N) is 1. The van der Waals surface area contributed by atoms with Gasteiger partial charge >= 0.3 is 18.2 Å². The number of halogens is 3. The maximum atomic E-state index is 13.1. The number of benzene rings is 2. The van der Waals surface area contributed by atoms with Gasteiger partial charge in [-0.25, -0.2) is 14.6 Å². The number of nitrogens with two attached hydrogens (primary N) is 1. The Morgan fingerprint density at radius 1 is 1.06 bits per heavy atom. The third kappa shape index (κ3) is 6.47. The summed E-state index contributed by atoms with van der Waals surface area (Å²) in [6, 6.07) is 9.74. The van der Waals surface area contributed by atoms with Crippen molar-refractivity contribution in [1.82, 2.24) is 10.3 Å². The summed E-state index contributed by atoms with van der Waals surface area (Å²) in [5.41, 5.74) is 4.08. The van der Waals surface area contributed by atoms with Crippen LogP contribution in [-0.2, 0) is 12.7 Å². The molecule has 0 aliphatic carbocycles. The molecule has 0 bridgehead atoms. The summed E-state index contributed by atoms with van der Waals surface area (Å²) < 4.78 is 45.0. The highest BCUT2D eigenvalue weighted by atomic mass is 19.4. The molecule has 0 radical (unpaired) electrons. The summed E-state index contributed by atoms with van der Waals surface area (Å²) in [4.78, 5) is 38.7. The Morgan fingerprint density at radius 2 is 1.74 bits per heavy atom. The van der Waals surface area contributed by atoms with Gasteiger partial charge in [0, 0.05) is 18.8 Å². The Kier molecular flexibility index (Phi) is 7.23. The molecule has 9 nitrogen and oxygen atoms in total. The molecular formula is C23H19F3N4O5. The highest BCUT2D eigenvalue weighted by Crippen LogP contribution is 2.34. The van der Waals surface area contributed by atoms with Crippen molar-refractivity contribution in [2.24, 2.45) is 5.73 Å². The Hall–Kier alpha value is -4.61. The number of nitrogens with one attached hydrogen (secondary N) is 2. The van der Waals surface area contributed by atoms with Gasteiger partial charge in [0.25, 0.3) is 5.91 Å². The molecule has 0 fully saturated rings. The standard InChI is InChI=1S/C23H19F3N4O5/c1-12-8-14(23(24,25)26)9-17(19(12)20(27)31)30-22(34)29-11-13-2-4-15(5-3-13)35-16-6-7-28-18(10-16)21(32)33/h2-10H,11H2,1H3,(H2,27,31)(H,32,33)(H2,29,30,34). The van der Waals surface area contributed by atoms with Crippen LogP contribution >= 0.6 is 0 Å². The van der Waals surface area contributed by atoms with E-state index in [0.717, 1.165) is 6.07 Å². The second-order valence-electron chi connectivity index (χ2n) is 7.31. The molecule has 2 aromatic carbocycles. The lowest BCUT2D eigenvalue weighted by molar-refractivity contribution is -0.137. The molecule has 1 aromatic heterocycles. The zero-order chi connectivity index (χ0) is 25.8. The Bertz CT molecular complexity index is 1280. The first-order chi connectivity index (χ1) is 16.4. The van der Waals surface area contributed by atoms with Gasteiger partial charge in [-0.15, -0.1) is 0 Å². The number of carboxylic acid groups (broad SMARTS) is 1. The normalized spacial score (nSPS) is 11.0. The van der Waals surface area contributed by atoms with Crippen molar-refractivity contribution in [3.8, 4) is 11.5 Å². The molecule has 12 heteroatoms. The Morgan fingerprint density at radius 3 is 2.34 bits per heavy atom. The molecule has 1 heterocycles. The third-order valence-electron chi connectivity index (χ3n) is 4.72. The predicted molar refractivity (Wildman–Crippen MR) is 118 cm³/mol. The van der Waals surface area contributed by atoms with Crippen molar-refractivity contribution >= 4 is 23.6 Å². The number of carboxylic acids is 1. The van der Waals surface area contributed by atoms with Crippen molar-refractivity contribution in [2.45, 2.75) is 19.6 Å². The number of carbonyl (C=O) groups is 3. The van der Waals surface area contributed by atoms with Gasteiger partial charge in [0.2, 0.25) is 0 Å². The number of aryl methyl sites for hydroxylation is 1. The second-order valence-corrected chi connectivity index (χ2v) is 7.31. The molecule has 0 aliphatic heterocycles. The van der Waals surface area contributed by atoms with Crippen LogP contribution in [0.3, 0.4) is 0 Å². The van der Waals surface area contributed by atoms with Gasteiger partial charge in [-0.2, -0.15) is 13.2 Å². The average molecular weight is 488 g/mol. The number of carbonyl (C=O) groups excluding carboxylic acids is 2. The minimum atomic E-state index is -4.68. The van der Waals surface area contributed by atoms with E-state index in [0.29, 0.717) is 17.4 Å². The molecule has 35 heavy (non-hydrogen) atoms. The van der Waals surface area contributed by atoms with Crippen molar-refractivity contribution in [1.29, 1.82) is 0 Å². The Balaban J connectivity index is 1.65. The van der Waals surface area contributed by atoms with Crippen LogP contribution in [0.15, 0.2) is 54.7 Å². The zero-order valence-corrected chi connectivity index (χ0v) is 18.1. The molecule has 0 saturated carbocycles. The molecule has 3 amide bonds. The van der Waals surface area contributed by atoms with Gasteiger partial charge in [0.1, 0.15) is 11.5 Å². The lowest BCUT2D eigenvalue weighted by Crippen LogP contribution is -2.30. The number of alkyl halides is 3. The van der Waals surface area contributed by atoms with Crippen LogP contribution in [0.1, 0.15) is 37.5 Å². The monoisotopic (exact) mass is 488 g/mol. The fourth-order valence-electron chi connectivity index (χ4n) is 3.13. The quantitative estimate of drug-likeness (QED) is 0.390. The summed E-state index contributed by atoms with van der Waals surface area (Å²) in [7, 11) is 0. The van der Waals surface area contributed by atoms with E-state index in [1.807, 2.05) is 0 Å². The van der Waals surface area contributed by atoms with Crippen molar-refractivity contribution in [3.63, 3.8) is 0 Å². The molecule has 0 saturated heterocycles. The van der Waals surface area contributed by atoms with E-state index in [9.17, 15) is 27.6 Å². The molecule has 3 aromatic rings. The summed E-state index contributed by atoms with van der Waals surface area (Å²) in [5.74, 6) is -1.51. The number of amides is 3. The number of hydrogen-bond donors (Lipinski definition) is 4. The van der Waals surface area contributed by atoms with Crippen molar-refractivity contribution < 1.29 is 37.4 Å². The fourth-order valence-corrected chi connectivity index (χ4v) is 3.13. The lowest BCUT2D eigenvalue weighted by atomic mass is 10.0. The number of urea groups is 1. The first-order valence-corrected chi connectivity index (χ1v) is 9.96. The van der Waals surface area contributed by atoms with Gasteiger partial charge < -0.3 is 26.2 Å². The molecule has 0 aliphatic rings. The maximum Gasteiger partial charge on any atom is 0.416 e. The topological polar surface area (TPSA) is 144 Å². The van der Waals surface area contributed by atoms with Gasteiger partial charge in [0.15, 0.2) is 5.69 Å². The number of primary amides is 1. The number of pyridine rings is 1. The molecule has 5 N–H and O–H groups in total. The van der Waals surface area contributed by atoms with Crippen LogP contribution in [0.25, 0.3) is 0 Å². The molecule has 0 spiro atoms. The zero-order valence-electron chi connectivity index (χ0n) is 18.1. The third-order valence-corrected chi connectivity index (χ3v) is 4.72. The van der Waals surface area contributed by atoms with E-state index in [1.165, 1.54) is 25.3 Å². The number of ether oxygens (including phenoxy) is 1. The SMILES string of the molecule is Cc1cc(C(F)(F)F)cc(NC(=O)NCc2ccc(Oc3ccnc(C(=O)O)c3)cc2)c1C(N)=O. The first-order valence-electron chi connectivity index (χ1n) is 9.96. The predicted octanol–water partition coefficient (Wildman–Crippen LogP) is 4.32. The number of hydrogen-bond acceptors (Lipinski definition) is 5. The highest BCUT2D eigenvalue weighted by molar-refractivity contribution is 6.04. The molecule has 0 unspecified atom stereocenters. The van der Waals surface area contributed by atoms with Crippen LogP contribution < -0.4 is 21.1 Å². The minimum absolute atomic E-state index is 0.00831. The van der Waals surface area contributed by atoms with E-state index >= 15 is 0 Å². The molecular weight excluding hydrogens is 469 g/mol. The summed E-state index contributed by atoms with van der Waals surface area (Å²) >= 11 is 0. The van der Waals surface area contributed by atoms with Crippen LogP contribution in [0.5, 0.6) is 11.5 Å². The summed E-state index contributed by atoms with van der Waals surface area (Å²) in [6.07, 6.45) is -3.38. The van der Waals surface area contributed by atoms with Crippen molar-refractivity contribution in [3.05, 3.63) is 82.7 Å². The number of anilines is 1. The summed E-state index contributed by atoms with van der Waals surface area (Å²) in [5, 5.41) is 13.7. The van der Waals surface area contributed by atoms with E-state index in [-0.39, 0.29) is 34.8 Å². The van der Waals surface area contributed by atoms with E-state index in [4.69, 9.17) is 15.6 Å². The highest BCUT2D eigenvalue weighted by Gasteiger charge is 2.32. The minimum Gasteiger partial charge on any atom is -0.477 e. The largest absolute Gasteiger partial charge is 0.477 e. The first kappa shape index (κ1) is 25.0. The molecule has 182 valence electrons. The van der Waals surface area contributed by atoms with E-state index in [2.05, 4.69) is 15.6 Å².